The van der Waals surface area contributed by atoms with Crippen molar-refractivity contribution in [3.8, 4) is 23.1 Å². The third kappa shape index (κ3) is 5.84. The van der Waals surface area contributed by atoms with Crippen LogP contribution in [0.25, 0.3) is 22.2 Å². The third-order valence-corrected chi connectivity index (χ3v) is 6.38. The Labute approximate surface area is 226 Å². The van der Waals surface area contributed by atoms with Crippen LogP contribution in [-0.4, -0.2) is 51.3 Å². The van der Waals surface area contributed by atoms with E-state index in [4.69, 9.17) is 5.73 Å². The lowest BCUT2D eigenvalue weighted by molar-refractivity contribution is -0.117. The number of carbonyl (C=O) groups excluding carboxylic acids is 1. The molecule has 0 fully saturated rings. The smallest absolute Gasteiger partial charge is 0.250 e. The molecule has 0 saturated heterocycles. The number of hydrogen-bond donors (Lipinski definition) is 3. The van der Waals surface area contributed by atoms with Gasteiger partial charge in [0.1, 0.15) is 23.2 Å². The van der Waals surface area contributed by atoms with E-state index >= 15 is 0 Å². The highest BCUT2D eigenvalue weighted by Gasteiger charge is 2.18. The van der Waals surface area contributed by atoms with E-state index in [-0.39, 0.29) is 11.5 Å². The molecule has 1 amide bonds. The Morgan fingerprint density at radius 2 is 1.87 bits per heavy atom. The summed E-state index contributed by atoms with van der Waals surface area (Å²) >= 11 is 0. The number of fused-ring (bicyclic) bond motifs is 1. The van der Waals surface area contributed by atoms with Crippen molar-refractivity contribution in [3.63, 3.8) is 0 Å². The fraction of sp³-hybridized carbons (Fsp3) is 0.241. The zero-order chi connectivity index (χ0) is 28.3. The number of nitrogen functional groups attached to an aromatic ring is 1. The average Bonchev–Trinajstić information content (AvgIpc) is 2.92. The van der Waals surface area contributed by atoms with Gasteiger partial charge in [0.15, 0.2) is 0 Å². The van der Waals surface area contributed by atoms with Crippen LogP contribution in [0.3, 0.4) is 0 Å². The summed E-state index contributed by atoms with van der Waals surface area (Å²) in [5.74, 6) is 7.14. The van der Waals surface area contributed by atoms with Gasteiger partial charge in [-0.15, -0.1) is 0 Å². The Bertz CT molecular complexity index is 1740. The first-order chi connectivity index (χ1) is 18.6. The number of hydrogen-bond acceptors (Lipinski definition) is 8. The van der Waals surface area contributed by atoms with E-state index in [0.29, 0.717) is 45.7 Å². The maximum Gasteiger partial charge on any atom is 0.250 e. The summed E-state index contributed by atoms with van der Waals surface area (Å²) in [6.07, 6.45) is 0. The molecule has 1 atom stereocenters. The first kappa shape index (κ1) is 27.2. The minimum atomic E-state index is -0.430. The zero-order valence-electron chi connectivity index (χ0n) is 22.7. The number of aliphatic imine (C=N–C) groups is 1. The van der Waals surface area contributed by atoms with Crippen LogP contribution in [0, 0.1) is 18.8 Å². The van der Waals surface area contributed by atoms with Gasteiger partial charge in [0.2, 0.25) is 5.91 Å². The molecule has 0 aliphatic rings. The molecule has 0 aliphatic heterocycles. The zero-order valence-corrected chi connectivity index (χ0v) is 22.7. The van der Waals surface area contributed by atoms with Crippen LogP contribution in [-0.2, 0) is 11.8 Å². The number of rotatable bonds is 5. The third-order valence-electron chi connectivity index (χ3n) is 6.38. The van der Waals surface area contributed by atoms with Crippen molar-refractivity contribution in [2.45, 2.75) is 26.8 Å². The molecule has 4 aromatic rings. The van der Waals surface area contributed by atoms with Crippen LogP contribution in [0.5, 0.6) is 0 Å². The first-order valence-corrected chi connectivity index (χ1v) is 12.3. The Hall–Kier alpha value is -4.88. The number of nitrogens with zero attached hydrogens (tertiary/aromatic N) is 5. The topological polar surface area (TPSA) is 140 Å². The number of aryl methyl sites for hydroxylation is 2. The minimum Gasteiger partial charge on any atom is -0.383 e. The highest BCUT2D eigenvalue weighted by molar-refractivity contribution is 6.07. The Balaban J connectivity index is 1.86. The fourth-order valence-electron chi connectivity index (χ4n) is 4.03. The molecule has 0 radical (unpaired) electrons. The van der Waals surface area contributed by atoms with Crippen LogP contribution in [0.15, 0.2) is 52.3 Å². The van der Waals surface area contributed by atoms with Crippen molar-refractivity contribution >= 4 is 34.2 Å². The van der Waals surface area contributed by atoms with Gasteiger partial charge in [0, 0.05) is 37.0 Å². The Kier molecular flexibility index (Phi) is 7.83. The Morgan fingerprint density at radius 3 is 2.59 bits per heavy atom. The van der Waals surface area contributed by atoms with Gasteiger partial charge < -0.3 is 20.9 Å². The van der Waals surface area contributed by atoms with Crippen LogP contribution < -0.4 is 21.9 Å². The van der Waals surface area contributed by atoms with Crippen LogP contribution >= 0.6 is 0 Å². The summed E-state index contributed by atoms with van der Waals surface area (Å²) in [7, 11) is 5.11. The first-order valence-electron chi connectivity index (χ1n) is 12.3. The molecular weight excluding hydrogens is 492 g/mol. The van der Waals surface area contributed by atoms with Crippen molar-refractivity contribution < 1.29 is 4.79 Å². The predicted molar refractivity (Wildman–Crippen MR) is 155 cm³/mol. The van der Waals surface area contributed by atoms with Crippen molar-refractivity contribution in [2.75, 3.05) is 25.1 Å². The molecule has 39 heavy (non-hydrogen) atoms. The van der Waals surface area contributed by atoms with E-state index in [1.807, 2.05) is 25.1 Å². The van der Waals surface area contributed by atoms with Crippen LogP contribution in [0.4, 0.5) is 11.6 Å². The van der Waals surface area contributed by atoms with E-state index < -0.39 is 6.04 Å². The Morgan fingerprint density at radius 1 is 1.10 bits per heavy atom. The quantitative estimate of drug-likeness (QED) is 0.270. The number of amides is 1. The second kappa shape index (κ2) is 11.2. The molecular formula is C29H30N8O2. The van der Waals surface area contributed by atoms with E-state index in [1.165, 1.54) is 6.07 Å². The van der Waals surface area contributed by atoms with Gasteiger partial charge in [-0.1, -0.05) is 5.92 Å². The highest BCUT2D eigenvalue weighted by Crippen LogP contribution is 2.28. The normalized spacial score (nSPS) is 12.1. The molecule has 198 valence electrons. The summed E-state index contributed by atoms with van der Waals surface area (Å²) in [5.41, 5.74) is 10.7. The van der Waals surface area contributed by atoms with Crippen molar-refractivity contribution in [1.82, 2.24) is 24.8 Å². The van der Waals surface area contributed by atoms with Crippen LogP contribution in [0.2, 0.25) is 0 Å². The SMILES string of the molecule is CN=C(C)c1c(N)nc(C)nc1-c1cc(C#Cc2ccc3c(ccc(=O)n3C)c2)nc(NC(=O)C(C)NC)c1. The standard InChI is InChI=1S/C29H30N8O2/c1-16(31-4)26-27(33-18(3)34-28(26)30)21-14-22(35-24(15-21)36-29(39)17(2)32-5)10-7-19-8-11-23-20(13-19)9-12-25(38)37(23)6/h8-9,11-15,17,32H,1-6H3,(H2,30,33,34)(H,35,36,39). The molecule has 4 rings (SSSR count). The molecule has 0 aliphatic carbocycles. The maximum absolute atomic E-state index is 12.6. The summed E-state index contributed by atoms with van der Waals surface area (Å²) in [4.78, 5) is 42.4. The van der Waals surface area contributed by atoms with Gasteiger partial charge in [0.25, 0.3) is 5.56 Å². The fourth-order valence-corrected chi connectivity index (χ4v) is 4.03. The summed E-state index contributed by atoms with van der Waals surface area (Å²) < 4.78 is 1.59. The number of carbonyl (C=O) groups is 1. The summed E-state index contributed by atoms with van der Waals surface area (Å²) in [6, 6.07) is 12.0. The number of benzene rings is 1. The monoisotopic (exact) mass is 522 g/mol. The molecule has 0 bridgehead atoms. The molecule has 0 spiro atoms. The molecule has 3 heterocycles. The minimum absolute atomic E-state index is 0.0761. The van der Waals surface area contributed by atoms with Crippen molar-refractivity contribution in [3.05, 3.63) is 75.5 Å². The largest absolute Gasteiger partial charge is 0.383 e. The lowest BCUT2D eigenvalue weighted by Crippen LogP contribution is -2.35. The molecule has 10 nitrogen and oxygen atoms in total. The second-order valence-corrected chi connectivity index (χ2v) is 9.07. The van der Waals surface area contributed by atoms with E-state index in [2.05, 4.69) is 42.4 Å². The van der Waals surface area contributed by atoms with Gasteiger partial charge in [-0.3, -0.25) is 14.6 Å². The summed E-state index contributed by atoms with van der Waals surface area (Å²) in [6.45, 7) is 5.35. The molecule has 4 N–H and O–H groups in total. The maximum atomic E-state index is 12.6. The number of aromatic nitrogens is 4. The van der Waals surface area contributed by atoms with Gasteiger partial charge in [-0.2, -0.15) is 0 Å². The highest BCUT2D eigenvalue weighted by atomic mass is 16.2. The predicted octanol–water partition coefficient (Wildman–Crippen LogP) is 2.67. The molecule has 1 unspecified atom stereocenters. The number of anilines is 2. The second-order valence-electron chi connectivity index (χ2n) is 9.07. The molecule has 1 aromatic carbocycles. The van der Waals surface area contributed by atoms with E-state index in [0.717, 1.165) is 16.5 Å². The number of pyridine rings is 2. The van der Waals surface area contributed by atoms with E-state index in [1.54, 1.807) is 57.8 Å². The van der Waals surface area contributed by atoms with Crippen molar-refractivity contribution in [2.24, 2.45) is 12.0 Å². The molecule has 3 aromatic heterocycles. The number of nitrogens with one attached hydrogen (secondary N) is 2. The van der Waals surface area contributed by atoms with Gasteiger partial charge in [-0.05, 0) is 75.5 Å². The number of nitrogens with two attached hydrogens (primary N) is 1. The number of likely N-dealkylation sites (N-methyl/N-ethyl adjacent to an activating group) is 1. The van der Waals surface area contributed by atoms with E-state index in [9.17, 15) is 9.59 Å². The van der Waals surface area contributed by atoms with Crippen molar-refractivity contribution in [1.29, 1.82) is 0 Å². The van der Waals surface area contributed by atoms with Gasteiger partial charge >= 0.3 is 0 Å². The molecule has 0 saturated carbocycles. The van der Waals surface area contributed by atoms with Crippen LogP contribution in [0.1, 0.15) is 36.5 Å². The lowest BCUT2D eigenvalue weighted by Gasteiger charge is -2.14. The van der Waals surface area contributed by atoms with Gasteiger partial charge in [-0.25, -0.2) is 15.0 Å². The summed E-state index contributed by atoms with van der Waals surface area (Å²) in [5, 5.41) is 6.66. The average molecular weight is 523 g/mol. The van der Waals surface area contributed by atoms with Gasteiger partial charge in [0.05, 0.1) is 22.8 Å². The molecule has 10 heteroatoms. The lowest BCUT2D eigenvalue weighted by atomic mass is 10.0.